The number of benzene rings is 1. The first kappa shape index (κ1) is 14.9. The molecule has 0 atom stereocenters. The molecule has 2 nitrogen and oxygen atoms in total. The molecular formula is C13H10Cl4N2. The zero-order chi connectivity index (χ0) is 14.0. The van der Waals surface area contributed by atoms with Gasteiger partial charge in [-0.15, -0.1) is 0 Å². The van der Waals surface area contributed by atoms with Crippen LogP contribution in [-0.2, 0) is 6.42 Å². The molecule has 0 saturated heterocycles. The van der Waals surface area contributed by atoms with Gasteiger partial charge in [0.1, 0.15) is 10.3 Å². The standard InChI is InChI=1S/C13H10Cl4N2/c1-2-3-8-11(16)18-13(19-12(8)17)7-4-5-9(14)10(15)6-7/h4-6H,2-3H2,1H3. The molecule has 0 bridgehead atoms. The number of hydrogen-bond acceptors (Lipinski definition) is 2. The summed E-state index contributed by atoms with van der Waals surface area (Å²) in [6.07, 6.45) is 1.67. The van der Waals surface area contributed by atoms with Crippen molar-refractivity contribution in [1.82, 2.24) is 9.97 Å². The zero-order valence-corrected chi connectivity index (χ0v) is 13.1. The highest BCUT2D eigenvalue weighted by molar-refractivity contribution is 6.42. The molecule has 0 aliphatic carbocycles. The number of halogens is 4. The van der Waals surface area contributed by atoms with Crippen LogP contribution < -0.4 is 0 Å². The van der Waals surface area contributed by atoms with Crippen LogP contribution in [0.25, 0.3) is 11.4 Å². The minimum Gasteiger partial charge on any atom is -0.216 e. The Morgan fingerprint density at radius 1 is 0.947 bits per heavy atom. The van der Waals surface area contributed by atoms with Crippen molar-refractivity contribution in [2.45, 2.75) is 19.8 Å². The molecule has 0 fully saturated rings. The van der Waals surface area contributed by atoms with Crippen molar-refractivity contribution in [2.75, 3.05) is 0 Å². The lowest BCUT2D eigenvalue weighted by molar-refractivity contribution is 0.903. The van der Waals surface area contributed by atoms with Crippen LogP contribution >= 0.6 is 46.4 Å². The number of rotatable bonds is 3. The van der Waals surface area contributed by atoms with Crippen LogP contribution in [0.5, 0.6) is 0 Å². The van der Waals surface area contributed by atoms with Crippen LogP contribution in [-0.4, -0.2) is 9.97 Å². The molecule has 6 heteroatoms. The Bertz CT molecular complexity index is 591. The molecule has 0 unspecified atom stereocenters. The summed E-state index contributed by atoms with van der Waals surface area (Å²) in [7, 11) is 0. The Hall–Kier alpha value is -0.540. The molecule has 1 heterocycles. The summed E-state index contributed by atoms with van der Waals surface area (Å²) < 4.78 is 0. The lowest BCUT2D eigenvalue weighted by Gasteiger charge is -2.08. The van der Waals surface area contributed by atoms with Gasteiger partial charge in [-0.3, -0.25) is 0 Å². The summed E-state index contributed by atoms with van der Waals surface area (Å²) in [6.45, 7) is 2.04. The first-order valence-corrected chi connectivity index (χ1v) is 7.21. The van der Waals surface area contributed by atoms with Gasteiger partial charge in [-0.25, -0.2) is 9.97 Å². The van der Waals surface area contributed by atoms with Crippen LogP contribution in [0.15, 0.2) is 18.2 Å². The average molecular weight is 336 g/mol. The number of nitrogens with zero attached hydrogens (tertiary/aromatic N) is 2. The van der Waals surface area contributed by atoms with Crippen molar-refractivity contribution in [3.63, 3.8) is 0 Å². The SMILES string of the molecule is CCCc1c(Cl)nc(-c2ccc(Cl)c(Cl)c2)nc1Cl. The van der Waals surface area contributed by atoms with Crippen LogP contribution in [0.4, 0.5) is 0 Å². The number of hydrogen-bond donors (Lipinski definition) is 0. The normalized spacial score (nSPS) is 10.8. The van der Waals surface area contributed by atoms with Crippen molar-refractivity contribution < 1.29 is 0 Å². The summed E-state index contributed by atoms with van der Waals surface area (Å²) in [5, 5.41) is 1.67. The van der Waals surface area contributed by atoms with Gasteiger partial charge in [0.2, 0.25) is 0 Å². The molecule has 1 aromatic carbocycles. The summed E-state index contributed by atoms with van der Waals surface area (Å²) in [6, 6.07) is 5.14. The van der Waals surface area contributed by atoms with Crippen molar-refractivity contribution in [2.24, 2.45) is 0 Å². The maximum absolute atomic E-state index is 6.14. The van der Waals surface area contributed by atoms with Gasteiger partial charge in [0, 0.05) is 11.1 Å². The summed E-state index contributed by atoms with van der Waals surface area (Å²) in [5.41, 5.74) is 1.50. The molecular weight excluding hydrogens is 326 g/mol. The first-order chi connectivity index (χ1) is 9.02. The van der Waals surface area contributed by atoms with Crippen LogP contribution in [0.2, 0.25) is 20.4 Å². The Kier molecular flexibility index (Phi) is 4.91. The van der Waals surface area contributed by atoms with Gasteiger partial charge >= 0.3 is 0 Å². The first-order valence-electron chi connectivity index (χ1n) is 5.70. The second kappa shape index (κ2) is 6.27. The van der Waals surface area contributed by atoms with E-state index in [1.165, 1.54) is 0 Å². The minimum absolute atomic E-state index is 0.378. The second-order valence-electron chi connectivity index (χ2n) is 3.99. The van der Waals surface area contributed by atoms with E-state index in [0.717, 1.165) is 24.0 Å². The molecule has 0 aliphatic rings. The van der Waals surface area contributed by atoms with Crippen molar-refractivity contribution >= 4 is 46.4 Å². The van der Waals surface area contributed by atoms with Gasteiger partial charge in [0.15, 0.2) is 5.82 Å². The highest BCUT2D eigenvalue weighted by atomic mass is 35.5. The largest absolute Gasteiger partial charge is 0.216 e. The van der Waals surface area contributed by atoms with E-state index in [9.17, 15) is 0 Å². The predicted octanol–water partition coefficient (Wildman–Crippen LogP) is 5.71. The Morgan fingerprint density at radius 3 is 2.11 bits per heavy atom. The van der Waals surface area contributed by atoms with Crippen molar-refractivity contribution in [3.05, 3.63) is 44.1 Å². The fourth-order valence-corrected chi connectivity index (χ4v) is 2.53. The Balaban J connectivity index is 2.48. The third-order valence-corrected chi connectivity index (χ3v) is 3.95. The number of aromatic nitrogens is 2. The maximum Gasteiger partial charge on any atom is 0.162 e. The lowest BCUT2D eigenvalue weighted by atomic mass is 10.2. The molecule has 0 radical (unpaired) electrons. The van der Waals surface area contributed by atoms with Crippen LogP contribution in [0, 0.1) is 0 Å². The molecule has 1 aromatic heterocycles. The third-order valence-electron chi connectivity index (χ3n) is 2.58. The van der Waals surface area contributed by atoms with E-state index in [0.29, 0.717) is 26.2 Å². The quantitative estimate of drug-likeness (QED) is 0.671. The molecule has 0 saturated carbocycles. The zero-order valence-electron chi connectivity index (χ0n) is 10.1. The fraction of sp³-hybridized carbons (Fsp3) is 0.231. The van der Waals surface area contributed by atoms with E-state index in [4.69, 9.17) is 46.4 Å². The average Bonchev–Trinajstić information content (AvgIpc) is 2.37. The summed E-state index contributed by atoms with van der Waals surface area (Å²) in [4.78, 5) is 8.52. The van der Waals surface area contributed by atoms with Gasteiger partial charge in [-0.2, -0.15) is 0 Å². The van der Waals surface area contributed by atoms with Gasteiger partial charge in [-0.1, -0.05) is 59.7 Å². The van der Waals surface area contributed by atoms with E-state index in [1.807, 2.05) is 6.92 Å². The van der Waals surface area contributed by atoms with Crippen LogP contribution in [0.1, 0.15) is 18.9 Å². The molecule has 0 aliphatic heterocycles. The molecule has 0 amide bonds. The second-order valence-corrected chi connectivity index (χ2v) is 5.52. The topological polar surface area (TPSA) is 25.8 Å². The molecule has 2 aromatic rings. The molecule has 0 spiro atoms. The summed E-state index contributed by atoms with van der Waals surface area (Å²) in [5.74, 6) is 0.438. The highest BCUT2D eigenvalue weighted by Gasteiger charge is 2.13. The highest BCUT2D eigenvalue weighted by Crippen LogP contribution is 2.30. The molecule has 100 valence electrons. The van der Waals surface area contributed by atoms with Crippen molar-refractivity contribution in [3.8, 4) is 11.4 Å². The monoisotopic (exact) mass is 334 g/mol. The minimum atomic E-state index is 0.378. The van der Waals surface area contributed by atoms with E-state index >= 15 is 0 Å². The van der Waals surface area contributed by atoms with E-state index in [1.54, 1.807) is 18.2 Å². The Morgan fingerprint density at radius 2 is 1.58 bits per heavy atom. The molecule has 2 rings (SSSR count). The van der Waals surface area contributed by atoms with Gasteiger partial charge < -0.3 is 0 Å². The smallest absolute Gasteiger partial charge is 0.162 e. The fourth-order valence-electron chi connectivity index (χ4n) is 1.65. The molecule has 0 N–H and O–H groups in total. The lowest BCUT2D eigenvalue weighted by Crippen LogP contribution is -1.97. The van der Waals surface area contributed by atoms with Crippen molar-refractivity contribution in [1.29, 1.82) is 0 Å². The van der Waals surface area contributed by atoms with Gasteiger partial charge in [0.05, 0.1) is 10.0 Å². The van der Waals surface area contributed by atoms with Crippen LogP contribution in [0.3, 0.4) is 0 Å². The summed E-state index contributed by atoms with van der Waals surface area (Å²) >= 11 is 24.1. The predicted molar refractivity (Wildman–Crippen MR) is 81.5 cm³/mol. The van der Waals surface area contributed by atoms with E-state index < -0.39 is 0 Å². The van der Waals surface area contributed by atoms with E-state index in [-0.39, 0.29) is 0 Å². The van der Waals surface area contributed by atoms with E-state index in [2.05, 4.69) is 9.97 Å². The maximum atomic E-state index is 6.14. The van der Waals surface area contributed by atoms with Gasteiger partial charge in [0.25, 0.3) is 0 Å². The molecule has 19 heavy (non-hydrogen) atoms. The Labute approximate surface area is 131 Å². The third kappa shape index (κ3) is 3.32. The van der Waals surface area contributed by atoms with Gasteiger partial charge in [-0.05, 0) is 24.6 Å².